The maximum atomic E-state index is 12.8. The Bertz CT molecular complexity index is 1400. The number of hydrogen-bond donors (Lipinski definition) is 1. The highest BCUT2D eigenvalue weighted by atomic mass is 35.5. The van der Waals surface area contributed by atoms with Crippen LogP contribution in [0.2, 0.25) is 5.02 Å². The quantitative estimate of drug-likeness (QED) is 0.226. The van der Waals surface area contributed by atoms with Crippen molar-refractivity contribution >= 4 is 33.5 Å². The van der Waals surface area contributed by atoms with Crippen molar-refractivity contribution in [2.24, 2.45) is 5.10 Å². The van der Waals surface area contributed by atoms with Gasteiger partial charge in [0.05, 0.1) is 45.4 Å². The van der Waals surface area contributed by atoms with E-state index in [0.717, 1.165) is 17.8 Å². The molecule has 190 valence electrons. The van der Waals surface area contributed by atoms with Crippen molar-refractivity contribution in [2.75, 3.05) is 7.11 Å². The van der Waals surface area contributed by atoms with E-state index >= 15 is 0 Å². The van der Waals surface area contributed by atoms with Crippen LogP contribution in [0, 0.1) is 10.1 Å². The summed E-state index contributed by atoms with van der Waals surface area (Å²) in [6.45, 7) is 0.108. The molecule has 0 spiro atoms. The smallest absolute Gasteiger partial charge is 0.417 e. The number of nitrogens with one attached hydrogen (secondary N) is 1. The van der Waals surface area contributed by atoms with Crippen LogP contribution in [0.5, 0.6) is 11.5 Å². The number of hydrogen-bond acceptors (Lipinski definition) is 7. The highest BCUT2D eigenvalue weighted by Gasteiger charge is 2.33. The van der Waals surface area contributed by atoms with E-state index < -0.39 is 42.3 Å². The molecule has 14 heteroatoms. The number of hydrazone groups is 1. The zero-order chi connectivity index (χ0) is 26.5. The summed E-state index contributed by atoms with van der Waals surface area (Å²) < 4.78 is 74.2. The second kappa shape index (κ2) is 10.8. The van der Waals surface area contributed by atoms with E-state index in [1.54, 1.807) is 29.1 Å². The zero-order valence-electron chi connectivity index (χ0n) is 18.3. The van der Waals surface area contributed by atoms with Crippen LogP contribution in [0.15, 0.2) is 70.7 Å². The standard InChI is InChI=1S/C22H17ClF3N3O6S/c1-34-20-9-15(19(29(30)31)11-21(20)35-13-14-5-3-2-4-6-14)12-27-28-36(32,33)16-7-8-17(18(23)10-16)22(24,25)26/h2-12,28H,13H2,1H3. The summed E-state index contributed by atoms with van der Waals surface area (Å²) in [5.74, 6) is 0.195. The molecule has 3 aromatic carbocycles. The molecule has 3 rings (SSSR count). The third kappa shape index (κ3) is 6.43. The number of sulfonamides is 1. The van der Waals surface area contributed by atoms with Crippen molar-refractivity contribution in [2.45, 2.75) is 17.7 Å². The maximum absolute atomic E-state index is 12.8. The highest BCUT2D eigenvalue weighted by Crippen LogP contribution is 2.36. The number of nitro groups is 1. The van der Waals surface area contributed by atoms with Crippen LogP contribution in [-0.2, 0) is 22.8 Å². The monoisotopic (exact) mass is 543 g/mol. The number of halogens is 4. The summed E-state index contributed by atoms with van der Waals surface area (Å²) in [6.07, 6.45) is -3.91. The molecule has 1 N–H and O–H groups in total. The minimum absolute atomic E-state index is 0.0742. The molecule has 0 aliphatic heterocycles. The third-order valence-electron chi connectivity index (χ3n) is 4.68. The van der Waals surface area contributed by atoms with Gasteiger partial charge in [-0.05, 0) is 29.8 Å². The number of alkyl halides is 3. The number of methoxy groups -OCH3 is 1. The Hall–Kier alpha value is -3.84. The van der Waals surface area contributed by atoms with Gasteiger partial charge in [-0.3, -0.25) is 10.1 Å². The average molecular weight is 544 g/mol. The number of nitrogens with zero attached hydrogens (tertiary/aromatic N) is 2. The molecule has 3 aromatic rings. The predicted octanol–water partition coefficient (Wildman–Crippen LogP) is 5.17. The molecule has 0 atom stereocenters. The summed E-state index contributed by atoms with van der Waals surface area (Å²) >= 11 is 5.57. The molecule has 0 aliphatic carbocycles. The van der Waals surface area contributed by atoms with Crippen molar-refractivity contribution in [1.82, 2.24) is 4.83 Å². The summed E-state index contributed by atoms with van der Waals surface area (Å²) in [4.78, 5) is 12.1. The molecule has 0 saturated carbocycles. The fourth-order valence-electron chi connectivity index (χ4n) is 2.94. The lowest BCUT2D eigenvalue weighted by Crippen LogP contribution is -2.19. The van der Waals surface area contributed by atoms with Gasteiger partial charge in [-0.15, -0.1) is 0 Å². The zero-order valence-corrected chi connectivity index (χ0v) is 19.9. The first-order chi connectivity index (χ1) is 16.9. The first-order valence-corrected chi connectivity index (χ1v) is 11.7. The van der Waals surface area contributed by atoms with Gasteiger partial charge >= 0.3 is 6.18 Å². The maximum Gasteiger partial charge on any atom is 0.417 e. The molecule has 0 bridgehead atoms. The lowest BCUT2D eigenvalue weighted by atomic mass is 10.1. The molecule has 0 amide bonds. The predicted molar refractivity (Wildman–Crippen MR) is 125 cm³/mol. The Morgan fingerprint density at radius 1 is 1.11 bits per heavy atom. The number of benzene rings is 3. The Morgan fingerprint density at radius 3 is 2.39 bits per heavy atom. The van der Waals surface area contributed by atoms with Crippen molar-refractivity contribution in [1.29, 1.82) is 0 Å². The van der Waals surface area contributed by atoms with E-state index in [1.165, 1.54) is 13.2 Å². The van der Waals surface area contributed by atoms with Crippen LogP contribution in [0.25, 0.3) is 0 Å². The third-order valence-corrected chi connectivity index (χ3v) is 6.21. The minimum Gasteiger partial charge on any atom is -0.493 e. The van der Waals surface area contributed by atoms with E-state index in [4.69, 9.17) is 21.1 Å². The van der Waals surface area contributed by atoms with Gasteiger partial charge < -0.3 is 9.47 Å². The summed E-state index contributed by atoms with van der Waals surface area (Å²) in [5.41, 5.74) is -0.981. The summed E-state index contributed by atoms with van der Waals surface area (Å²) in [6, 6.07) is 13.2. The van der Waals surface area contributed by atoms with Crippen molar-refractivity contribution in [3.63, 3.8) is 0 Å². The fourth-order valence-corrected chi connectivity index (χ4v) is 4.11. The molecule has 0 saturated heterocycles. The first kappa shape index (κ1) is 26.8. The molecule has 0 unspecified atom stereocenters. The first-order valence-electron chi connectivity index (χ1n) is 9.87. The Kier molecular flexibility index (Phi) is 8.05. The second-order valence-electron chi connectivity index (χ2n) is 7.09. The van der Waals surface area contributed by atoms with Gasteiger partial charge in [0.2, 0.25) is 0 Å². The molecule has 0 fully saturated rings. The van der Waals surface area contributed by atoms with Crippen LogP contribution < -0.4 is 14.3 Å². The van der Waals surface area contributed by atoms with Crippen molar-refractivity contribution in [3.8, 4) is 11.5 Å². The van der Waals surface area contributed by atoms with Gasteiger partial charge in [0.25, 0.3) is 15.7 Å². The van der Waals surface area contributed by atoms with Crippen LogP contribution in [-0.4, -0.2) is 26.7 Å². The summed E-state index contributed by atoms with van der Waals surface area (Å²) in [7, 11) is -3.12. The molecule has 0 aliphatic rings. The average Bonchev–Trinajstić information content (AvgIpc) is 2.82. The fraction of sp³-hybridized carbons (Fsp3) is 0.136. The molecule has 0 aromatic heterocycles. The molecular formula is C22H17ClF3N3O6S. The molecular weight excluding hydrogens is 527 g/mol. The van der Waals surface area contributed by atoms with Crippen LogP contribution in [0.4, 0.5) is 18.9 Å². The topological polar surface area (TPSA) is 120 Å². The molecule has 9 nitrogen and oxygen atoms in total. The van der Waals surface area contributed by atoms with Crippen LogP contribution in [0.1, 0.15) is 16.7 Å². The lowest BCUT2D eigenvalue weighted by Gasteiger charge is -2.12. The number of nitro benzene ring substituents is 1. The van der Waals surface area contributed by atoms with Gasteiger partial charge in [-0.2, -0.15) is 26.7 Å². The Morgan fingerprint density at radius 2 is 1.81 bits per heavy atom. The Labute approximate surface area is 208 Å². The van der Waals surface area contributed by atoms with Gasteiger partial charge in [0.15, 0.2) is 11.5 Å². The number of ether oxygens (including phenoxy) is 2. The van der Waals surface area contributed by atoms with E-state index in [2.05, 4.69) is 5.10 Å². The van der Waals surface area contributed by atoms with E-state index in [0.29, 0.717) is 18.2 Å². The SMILES string of the molecule is COc1cc(C=NNS(=O)(=O)c2ccc(C(F)(F)F)c(Cl)c2)c([N+](=O)[O-])cc1OCc1ccccc1. The van der Waals surface area contributed by atoms with E-state index in [-0.39, 0.29) is 23.7 Å². The van der Waals surface area contributed by atoms with Crippen molar-refractivity contribution in [3.05, 3.63) is 92.5 Å². The van der Waals surface area contributed by atoms with Gasteiger partial charge in [0.1, 0.15) is 6.61 Å². The van der Waals surface area contributed by atoms with E-state index in [9.17, 15) is 31.7 Å². The Balaban J connectivity index is 1.84. The minimum atomic E-state index is -4.76. The van der Waals surface area contributed by atoms with Gasteiger partial charge in [0, 0.05) is 0 Å². The number of rotatable bonds is 9. The molecule has 0 heterocycles. The highest BCUT2D eigenvalue weighted by molar-refractivity contribution is 7.89. The molecule has 0 radical (unpaired) electrons. The van der Waals surface area contributed by atoms with Crippen LogP contribution >= 0.6 is 11.6 Å². The largest absolute Gasteiger partial charge is 0.493 e. The van der Waals surface area contributed by atoms with Crippen molar-refractivity contribution < 1.29 is 36.0 Å². The van der Waals surface area contributed by atoms with Crippen LogP contribution in [0.3, 0.4) is 0 Å². The van der Waals surface area contributed by atoms with Gasteiger partial charge in [-0.25, -0.2) is 4.83 Å². The lowest BCUT2D eigenvalue weighted by molar-refractivity contribution is -0.385. The van der Waals surface area contributed by atoms with E-state index in [1.807, 2.05) is 6.07 Å². The second-order valence-corrected chi connectivity index (χ2v) is 9.15. The molecule has 36 heavy (non-hydrogen) atoms. The normalized spacial score (nSPS) is 11.9. The summed E-state index contributed by atoms with van der Waals surface area (Å²) in [5, 5.41) is 14.3. The van der Waals surface area contributed by atoms with Gasteiger partial charge in [-0.1, -0.05) is 41.9 Å².